The number of carbonyl (C=O) groups is 2. The molecule has 1 aromatic rings. The Bertz CT molecular complexity index is 962. The van der Waals surface area contributed by atoms with E-state index >= 15 is 0 Å². The van der Waals surface area contributed by atoms with Crippen molar-refractivity contribution in [2.75, 3.05) is 7.05 Å². The van der Waals surface area contributed by atoms with Crippen LogP contribution in [-0.2, 0) is 16.1 Å². The van der Waals surface area contributed by atoms with Gasteiger partial charge < -0.3 is 15.4 Å². The van der Waals surface area contributed by atoms with Crippen molar-refractivity contribution in [3.05, 3.63) is 64.5 Å². The predicted octanol–water partition coefficient (Wildman–Crippen LogP) is 6.85. The molecule has 0 saturated heterocycles. The summed E-state index contributed by atoms with van der Waals surface area (Å²) in [6.07, 6.45) is 12.5. The van der Waals surface area contributed by atoms with Gasteiger partial charge in [0.05, 0.1) is 11.7 Å². The van der Waals surface area contributed by atoms with Crippen LogP contribution in [0.1, 0.15) is 58.9 Å². The number of rotatable bonds is 5. The van der Waals surface area contributed by atoms with Gasteiger partial charge in [0, 0.05) is 31.2 Å². The molecule has 1 aromatic carbocycles. The molecule has 1 aliphatic heterocycles. The summed E-state index contributed by atoms with van der Waals surface area (Å²) < 4.78 is 29.0. The number of likely N-dealkylation sites (N-methyl/N-ethyl adjacent to an activating group) is 1. The molecule has 0 saturated carbocycles. The summed E-state index contributed by atoms with van der Waals surface area (Å²) >= 11 is 6.27. The molecule has 0 radical (unpaired) electrons. The van der Waals surface area contributed by atoms with Crippen LogP contribution in [-0.4, -0.2) is 43.2 Å². The largest absolute Gasteiger partial charge is 0.383 e. The van der Waals surface area contributed by atoms with E-state index < -0.39 is 6.68 Å². The van der Waals surface area contributed by atoms with Crippen LogP contribution in [0.2, 0.25) is 5.02 Å². The molecule has 0 spiro atoms. The first kappa shape index (κ1) is 33.9. The second-order valence-corrected chi connectivity index (χ2v) is 8.17. The van der Waals surface area contributed by atoms with Gasteiger partial charge in [0.25, 0.3) is 0 Å². The maximum absolute atomic E-state index is 12.1. The van der Waals surface area contributed by atoms with Crippen LogP contribution in [0.15, 0.2) is 58.9 Å². The summed E-state index contributed by atoms with van der Waals surface area (Å²) in [6, 6.07) is 5.92. The Morgan fingerprint density at radius 2 is 1.92 bits per heavy atom. The highest BCUT2D eigenvalue weighted by atomic mass is 35.5. The Hall–Kier alpha value is -3.07. The van der Waals surface area contributed by atoms with Crippen LogP contribution in [0.4, 0.5) is 18.9 Å². The molecule has 2 aliphatic rings. The average Bonchev–Trinajstić information content (AvgIpc) is 2.90. The van der Waals surface area contributed by atoms with E-state index in [-0.39, 0.29) is 11.9 Å². The Labute approximate surface area is 223 Å². The number of benzene rings is 1. The Morgan fingerprint density at radius 1 is 1.27 bits per heavy atom. The molecule has 1 heterocycles. The molecule has 0 aromatic heterocycles. The van der Waals surface area contributed by atoms with Crippen LogP contribution in [0.25, 0.3) is 0 Å². The number of carbonyl (C=O) groups excluding carboxylic acids is 2. The SMILES string of the molecule is C=O.CC.CC(=O)N(C)C(=Nc1ccc(Cl)cc1CNC1=CC=CNC1C)C1=CCCCC1.FC(F)F. The Balaban J connectivity index is 0.00000145. The second kappa shape index (κ2) is 19.1. The number of allylic oxidation sites excluding steroid dienone is 3. The zero-order valence-corrected chi connectivity index (χ0v) is 22.9. The van der Waals surface area contributed by atoms with Gasteiger partial charge in [-0.05, 0) is 80.3 Å². The van der Waals surface area contributed by atoms with E-state index in [1.807, 2.05) is 51.1 Å². The predicted molar refractivity (Wildman–Crippen MR) is 146 cm³/mol. The average molecular weight is 543 g/mol. The van der Waals surface area contributed by atoms with E-state index in [4.69, 9.17) is 21.4 Å². The number of alkyl halides is 3. The molecule has 1 unspecified atom stereocenters. The summed E-state index contributed by atoms with van der Waals surface area (Å²) in [5, 5.41) is 7.43. The van der Waals surface area contributed by atoms with Gasteiger partial charge >= 0.3 is 6.68 Å². The van der Waals surface area contributed by atoms with E-state index in [0.717, 1.165) is 47.6 Å². The van der Waals surface area contributed by atoms with E-state index in [2.05, 4.69) is 29.7 Å². The number of amidine groups is 1. The first-order chi connectivity index (χ1) is 17.7. The molecule has 10 heteroatoms. The highest BCUT2D eigenvalue weighted by Gasteiger charge is 2.19. The normalized spacial score (nSPS) is 16.3. The number of halogens is 4. The van der Waals surface area contributed by atoms with Crippen LogP contribution in [0, 0.1) is 0 Å². The lowest BCUT2D eigenvalue weighted by Gasteiger charge is -2.24. The van der Waals surface area contributed by atoms with Gasteiger partial charge in [-0.3, -0.25) is 9.69 Å². The van der Waals surface area contributed by atoms with Crippen LogP contribution >= 0.6 is 11.6 Å². The van der Waals surface area contributed by atoms with E-state index in [1.165, 1.54) is 6.42 Å². The van der Waals surface area contributed by atoms with Gasteiger partial charge in [-0.1, -0.05) is 31.5 Å². The quantitative estimate of drug-likeness (QED) is 0.315. The third-order valence-corrected chi connectivity index (χ3v) is 5.54. The molecule has 1 atom stereocenters. The summed E-state index contributed by atoms with van der Waals surface area (Å²) in [7, 11) is 1.79. The number of nitrogens with zero attached hydrogens (tertiary/aromatic N) is 2. The highest BCUT2D eigenvalue weighted by molar-refractivity contribution is 6.30. The molecule has 2 N–H and O–H groups in total. The third kappa shape index (κ3) is 12.6. The summed E-state index contributed by atoms with van der Waals surface area (Å²) in [6.45, 7) is 6.61. The number of hydrogen-bond acceptors (Lipinski definition) is 5. The lowest BCUT2D eigenvalue weighted by Crippen LogP contribution is -2.33. The first-order valence-corrected chi connectivity index (χ1v) is 12.5. The van der Waals surface area contributed by atoms with Crippen molar-refractivity contribution < 1.29 is 22.8 Å². The number of dihydropyridines is 1. The van der Waals surface area contributed by atoms with Gasteiger partial charge in [-0.2, -0.15) is 13.2 Å². The molecule has 1 amide bonds. The molecule has 0 bridgehead atoms. The summed E-state index contributed by atoms with van der Waals surface area (Å²) in [5.74, 6) is 0.707. The summed E-state index contributed by atoms with van der Waals surface area (Å²) in [5.41, 5.74) is 4.06. The van der Waals surface area contributed by atoms with Crippen LogP contribution in [0.5, 0.6) is 0 Å². The van der Waals surface area contributed by atoms with Crippen molar-refractivity contribution in [1.82, 2.24) is 15.5 Å². The van der Waals surface area contributed by atoms with E-state index in [1.54, 1.807) is 18.9 Å². The maximum Gasteiger partial charge on any atom is 0.379 e. The Kier molecular flexibility index (Phi) is 17.5. The smallest absolute Gasteiger partial charge is 0.379 e. The van der Waals surface area contributed by atoms with Gasteiger partial charge in [0.15, 0.2) is 0 Å². The van der Waals surface area contributed by atoms with Gasteiger partial charge in [-0.15, -0.1) is 0 Å². The third-order valence-electron chi connectivity index (χ3n) is 5.30. The summed E-state index contributed by atoms with van der Waals surface area (Å²) in [4.78, 5) is 26.7. The van der Waals surface area contributed by atoms with Gasteiger partial charge in [0.2, 0.25) is 5.91 Å². The molecular weight excluding hydrogens is 505 g/mol. The highest BCUT2D eigenvalue weighted by Crippen LogP contribution is 2.27. The number of amides is 1. The minimum atomic E-state index is -3.67. The molecule has 37 heavy (non-hydrogen) atoms. The molecule has 1 aliphatic carbocycles. The monoisotopic (exact) mass is 542 g/mol. The van der Waals surface area contributed by atoms with Crippen molar-refractivity contribution in [1.29, 1.82) is 0 Å². The minimum Gasteiger partial charge on any atom is -0.383 e. The van der Waals surface area contributed by atoms with Crippen molar-refractivity contribution in [2.24, 2.45) is 4.99 Å². The molecule has 6 nitrogen and oxygen atoms in total. The van der Waals surface area contributed by atoms with E-state index in [0.29, 0.717) is 11.6 Å². The lowest BCUT2D eigenvalue weighted by atomic mass is 9.98. The second-order valence-electron chi connectivity index (χ2n) is 7.73. The fourth-order valence-corrected chi connectivity index (χ4v) is 3.66. The van der Waals surface area contributed by atoms with Crippen molar-refractivity contribution in [3.63, 3.8) is 0 Å². The number of nitrogens with one attached hydrogen (secondary N) is 2. The zero-order valence-electron chi connectivity index (χ0n) is 22.2. The lowest BCUT2D eigenvalue weighted by molar-refractivity contribution is -0.124. The van der Waals surface area contributed by atoms with Crippen molar-refractivity contribution in [2.45, 2.75) is 72.6 Å². The topological polar surface area (TPSA) is 73.8 Å². The number of hydrogen-bond donors (Lipinski definition) is 2. The molecule has 206 valence electrons. The molecular formula is C27H38ClF3N4O2. The van der Waals surface area contributed by atoms with Crippen LogP contribution < -0.4 is 10.6 Å². The molecule has 3 rings (SSSR count). The number of aliphatic imine (C=N–C) groups is 1. The zero-order chi connectivity index (χ0) is 28.4. The fraction of sp³-hybridized carbons (Fsp3) is 0.444. The minimum absolute atomic E-state index is 0.0251. The Morgan fingerprint density at radius 3 is 2.46 bits per heavy atom. The standard InChI is InChI=1S/C23H29ClN4O.C2H6.CHF3.CH2O/c1-16-21(10-7-13-25-16)26-15-19-14-20(24)11-12-22(19)27-23(28(3)17(2)29)18-8-5-4-6-9-18;1-2;2-1(3)4;1-2/h7-8,10-14,16,25-26H,4-6,9,15H2,1-3H3;1-2H3;1H;1H2. The maximum atomic E-state index is 12.1. The van der Waals surface area contributed by atoms with Crippen LogP contribution in [0.3, 0.4) is 0 Å². The van der Waals surface area contributed by atoms with Crippen molar-refractivity contribution >= 4 is 35.8 Å². The van der Waals surface area contributed by atoms with Gasteiger partial charge in [0.1, 0.15) is 12.6 Å². The van der Waals surface area contributed by atoms with Crippen molar-refractivity contribution in [3.8, 4) is 0 Å². The molecule has 0 fully saturated rings. The first-order valence-electron chi connectivity index (χ1n) is 12.1. The van der Waals surface area contributed by atoms with Gasteiger partial charge in [-0.25, -0.2) is 4.99 Å². The fourth-order valence-electron chi connectivity index (χ4n) is 3.47. The van der Waals surface area contributed by atoms with E-state index in [9.17, 15) is 18.0 Å².